The molecule has 94 valence electrons. The maximum atomic E-state index is 12.1. The Hall–Kier alpha value is -2.31. The molecule has 0 aliphatic rings. The lowest BCUT2D eigenvalue weighted by Crippen LogP contribution is -2.17. The predicted octanol–water partition coefficient (Wildman–Crippen LogP) is 2.62. The summed E-state index contributed by atoms with van der Waals surface area (Å²) in [6.45, 7) is 0. The first-order valence-corrected chi connectivity index (χ1v) is 4.86. The van der Waals surface area contributed by atoms with E-state index in [9.17, 15) is 13.2 Å². The molecule has 7 heteroatoms. The summed E-state index contributed by atoms with van der Waals surface area (Å²) in [6, 6.07) is 3.84. The molecule has 1 aromatic heterocycles. The van der Waals surface area contributed by atoms with Gasteiger partial charge in [0.05, 0.1) is 0 Å². The molecule has 1 aromatic carbocycles. The van der Waals surface area contributed by atoms with Crippen LogP contribution in [0.1, 0.15) is 0 Å². The van der Waals surface area contributed by atoms with Gasteiger partial charge in [0.2, 0.25) is 0 Å². The molecule has 0 aliphatic heterocycles. The molecule has 0 amide bonds. The van der Waals surface area contributed by atoms with Crippen LogP contribution < -0.4 is 10.5 Å². The van der Waals surface area contributed by atoms with E-state index in [1.807, 2.05) is 0 Å². The van der Waals surface area contributed by atoms with Crippen LogP contribution in [0.15, 0.2) is 36.9 Å². The highest BCUT2D eigenvalue weighted by Crippen LogP contribution is 2.30. The Morgan fingerprint density at radius 3 is 2.28 bits per heavy atom. The van der Waals surface area contributed by atoms with Crippen molar-refractivity contribution in [2.24, 2.45) is 0 Å². The molecule has 0 radical (unpaired) electrons. The summed E-state index contributed by atoms with van der Waals surface area (Å²) in [4.78, 5) is 7.56. The van der Waals surface area contributed by atoms with E-state index in [-0.39, 0.29) is 11.4 Å². The van der Waals surface area contributed by atoms with Crippen molar-refractivity contribution in [3.63, 3.8) is 0 Å². The van der Waals surface area contributed by atoms with E-state index < -0.39 is 6.36 Å². The second-order valence-corrected chi connectivity index (χ2v) is 3.47. The maximum Gasteiger partial charge on any atom is 0.573 e. The Morgan fingerprint density at radius 2 is 1.67 bits per heavy atom. The zero-order valence-corrected chi connectivity index (χ0v) is 8.98. The van der Waals surface area contributed by atoms with E-state index in [0.29, 0.717) is 11.1 Å². The number of rotatable bonds is 2. The minimum atomic E-state index is -4.75. The van der Waals surface area contributed by atoms with Gasteiger partial charge in [-0.15, -0.1) is 13.2 Å². The van der Waals surface area contributed by atoms with Gasteiger partial charge in [0, 0.05) is 29.7 Å². The van der Waals surface area contributed by atoms with Crippen LogP contribution in [0, 0.1) is 0 Å². The first-order valence-electron chi connectivity index (χ1n) is 4.86. The van der Waals surface area contributed by atoms with Crippen molar-refractivity contribution >= 4 is 5.69 Å². The number of ether oxygens (including phenoxy) is 1. The Bertz CT molecular complexity index is 543. The molecule has 0 saturated carbocycles. The molecular formula is C11H8F3N3O. The van der Waals surface area contributed by atoms with Crippen LogP contribution in [0.2, 0.25) is 0 Å². The van der Waals surface area contributed by atoms with Gasteiger partial charge >= 0.3 is 6.36 Å². The summed E-state index contributed by atoms with van der Waals surface area (Å²) in [5.41, 5.74) is 6.70. The van der Waals surface area contributed by atoms with Crippen molar-refractivity contribution in [1.82, 2.24) is 9.97 Å². The van der Waals surface area contributed by atoms with E-state index in [1.165, 1.54) is 30.9 Å². The summed E-state index contributed by atoms with van der Waals surface area (Å²) in [7, 11) is 0. The van der Waals surface area contributed by atoms with E-state index in [2.05, 4.69) is 14.7 Å². The fraction of sp³-hybridized carbons (Fsp3) is 0.0909. The lowest BCUT2D eigenvalue weighted by molar-refractivity contribution is -0.274. The summed E-state index contributed by atoms with van der Waals surface area (Å²) in [5, 5.41) is 0. The highest BCUT2D eigenvalue weighted by Gasteiger charge is 2.31. The van der Waals surface area contributed by atoms with Gasteiger partial charge in [-0.05, 0) is 17.7 Å². The summed E-state index contributed by atoms with van der Waals surface area (Å²) < 4.78 is 40.2. The fourth-order valence-electron chi connectivity index (χ4n) is 1.43. The van der Waals surface area contributed by atoms with Crippen LogP contribution in [0.3, 0.4) is 0 Å². The largest absolute Gasteiger partial charge is 0.573 e. The molecule has 0 spiro atoms. The highest BCUT2D eigenvalue weighted by molar-refractivity contribution is 5.68. The third-order valence-corrected chi connectivity index (χ3v) is 2.06. The first kappa shape index (κ1) is 12.2. The van der Waals surface area contributed by atoms with Crippen LogP contribution >= 0.6 is 0 Å². The second kappa shape index (κ2) is 4.52. The van der Waals surface area contributed by atoms with Crippen LogP contribution in [-0.2, 0) is 0 Å². The average molecular weight is 255 g/mol. The molecule has 1 heterocycles. The number of hydrogen-bond donors (Lipinski definition) is 1. The zero-order chi connectivity index (χ0) is 13.2. The molecule has 0 bridgehead atoms. The van der Waals surface area contributed by atoms with E-state index in [4.69, 9.17) is 5.73 Å². The summed E-state index contributed by atoms with van der Waals surface area (Å²) in [6.07, 6.45) is -0.487. The SMILES string of the molecule is Nc1cc(OC(F)(F)F)cc(-c2cncnc2)c1. The van der Waals surface area contributed by atoms with Crippen molar-refractivity contribution in [1.29, 1.82) is 0 Å². The van der Waals surface area contributed by atoms with Crippen LogP contribution in [-0.4, -0.2) is 16.3 Å². The molecule has 2 N–H and O–H groups in total. The molecular weight excluding hydrogens is 247 g/mol. The standard InChI is InChI=1S/C11H8F3N3O/c12-11(13,14)18-10-2-7(1-9(15)3-10)8-4-16-6-17-5-8/h1-6H,15H2. The lowest BCUT2D eigenvalue weighted by Gasteiger charge is -2.11. The molecule has 0 unspecified atom stereocenters. The van der Waals surface area contributed by atoms with Crippen LogP contribution in [0.25, 0.3) is 11.1 Å². The quantitative estimate of drug-likeness (QED) is 0.838. The predicted molar refractivity (Wildman–Crippen MR) is 58.6 cm³/mol. The van der Waals surface area contributed by atoms with Crippen LogP contribution in [0.5, 0.6) is 5.75 Å². The smallest absolute Gasteiger partial charge is 0.406 e. The van der Waals surface area contributed by atoms with Gasteiger partial charge in [0.15, 0.2) is 0 Å². The van der Waals surface area contributed by atoms with E-state index >= 15 is 0 Å². The van der Waals surface area contributed by atoms with Crippen molar-refractivity contribution in [2.45, 2.75) is 6.36 Å². The maximum absolute atomic E-state index is 12.1. The minimum absolute atomic E-state index is 0.163. The van der Waals surface area contributed by atoms with E-state index in [1.54, 1.807) is 0 Å². The number of nitrogens with zero attached hydrogens (tertiary/aromatic N) is 2. The summed E-state index contributed by atoms with van der Waals surface area (Å²) >= 11 is 0. The fourth-order valence-corrected chi connectivity index (χ4v) is 1.43. The Balaban J connectivity index is 2.39. The number of nitrogens with two attached hydrogens (primary N) is 1. The third-order valence-electron chi connectivity index (χ3n) is 2.06. The van der Waals surface area contributed by atoms with Gasteiger partial charge in [-0.1, -0.05) is 0 Å². The zero-order valence-electron chi connectivity index (χ0n) is 8.98. The molecule has 18 heavy (non-hydrogen) atoms. The van der Waals surface area contributed by atoms with E-state index in [0.717, 1.165) is 6.07 Å². The topological polar surface area (TPSA) is 61.0 Å². The number of hydrogen-bond acceptors (Lipinski definition) is 4. The van der Waals surface area contributed by atoms with Gasteiger partial charge in [-0.3, -0.25) is 0 Å². The Kier molecular flexibility index (Phi) is 3.05. The average Bonchev–Trinajstić information content (AvgIpc) is 2.27. The molecule has 2 rings (SSSR count). The van der Waals surface area contributed by atoms with Gasteiger partial charge in [0.1, 0.15) is 12.1 Å². The van der Waals surface area contributed by atoms with Gasteiger partial charge in [0.25, 0.3) is 0 Å². The van der Waals surface area contributed by atoms with Gasteiger partial charge in [-0.25, -0.2) is 9.97 Å². The van der Waals surface area contributed by atoms with Crippen LogP contribution in [0.4, 0.5) is 18.9 Å². The van der Waals surface area contributed by atoms with Gasteiger partial charge in [-0.2, -0.15) is 0 Å². The Labute approximate surface area is 100 Å². The Morgan fingerprint density at radius 1 is 1.00 bits per heavy atom. The number of anilines is 1. The lowest BCUT2D eigenvalue weighted by atomic mass is 10.1. The van der Waals surface area contributed by atoms with Crippen molar-refractivity contribution in [2.75, 3.05) is 5.73 Å². The highest BCUT2D eigenvalue weighted by atomic mass is 19.4. The molecule has 0 aliphatic carbocycles. The molecule has 0 atom stereocenters. The second-order valence-electron chi connectivity index (χ2n) is 3.47. The first-order chi connectivity index (χ1) is 8.44. The van der Waals surface area contributed by atoms with Gasteiger partial charge < -0.3 is 10.5 Å². The number of benzene rings is 1. The molecule has 0 fully saturated rings. The number of nitrogen functional groups attached to an aromatic ring is 1. The molecule has 0 saturated heterocycles. The number of aromatic nitrogens is 2. The van der Waals surface area contributed by atoms with Crippen molar-refractivity contribution < 1.29 is 17.9 Å². The third kappa shape index (κ3) is 3.09. The summed E-state index contributed by atoms with van der Waals surface area (Å²) in [5.74, 6) is -0.374. The molecule has 4 nitrogen and oxygen atoms in total. The van der Waals surface area contributed by atoms with Crippen molar-refractivity contribution in [3.8, 4) is 16.9 Å². The minimum Gasteiger partial charge on any atom is -0.406 e. The normalized spacial score (nSPS) is 11.3. The van der Waals surface area contributed by atoms with Crippen molar-refractivity contribution in [3.05, 3.63) is 36.9 Å². The number of alkyl halides is 3. The monoisotopic (exact) mass is 255 g/mol. The number of halogens is 3. The molecule has 2 aromatic rings.